The van der Waals surface area contributed by atoms with E-state index in [0.29, 0.717) is 0 Å². The van der Waals surface area contributed by atoms with Gasteiger partial charge in [0.25, 0.3) is 0 Å². The Labute approximate surface area is 90.9 Å². The highest BCUT2D eigenvalue weighted by Crippen LogP contribution is 2.19. The highest BCUT2D eigenvalue weighted by Gasteiger charge is 2.11. The van der Waals surface area contributed by atoms with Crippen LogP contribution in [0.2, 0.25) is 0 Å². The molecule has 1 aromatic rings. The average molecular weight is 228 g/mol. The van der Waals surface area contributed by atoms with Crippen molar-refractivity contribution in [1.82, 2.24) is 4.98 Å². The number of pyridine rings is 1. The van der Waals surface area contributed by atoms with Gasteiger partial charge in [0.1, 0.15) is 0 Å². The maximum Gasteiger partial charge on any atom is 0.192 e. The van der Waals surface area contributed by atoms with Gasteiger partial charge in [-0.15, -0.1) is 0 Å². The first-order valence-corrected chi connectivity index (χ1v) is 6.63. The Kier molecular flexibility index (Phi) is 3.34. The molecule has 0 spiro atoms. The van der Waals surface area contributed by atoms with Gasteiger partial charge in [0, 0.05) is 19.8 Å². The lowest BCUT2D eigenvalue weighted by Crippen LogP contribution is -2.17. The summed E-state index contributed by atoms with van der Waals surface area (Å²) < 4.78 is 22.5. The first kappa shape index (κ1) is 12.0. The highest BCUT2D eigenvalue weighted by molar-refractivity contribution is 7.90. The van der Waals surface area contributed by atoms with Crippen molar-refractivity contribution in [2.75, 3.05) is 24.7 Å². The van der Waals surface area contributed by atoms with Crippen LogP contribution in [0.4, 0.5) is 5.69 Å². The second-order valence-corrected chi connectivity index (χ2v) is 5.56. The SMILES string of the molecule is CCN(C)c1cnc(S(C)(=O)=O)cc1C. The number of hydrogen-bond acceptors (Lipinski definition) is 4. The van der Waals surface area contributed by atoms with E-state index in [1.807, 2.05) is 25.8 Å². The molecule has 0 bridgehead atoms. The summed E-state index contributed by atoms with van der Waals surface area (Å²) in [5.74, 6) is 0. The fraction of sp³-hybridized carbons (Fsp3) is 0.500. The van der Waals surface area contributed by atoms with Gasteiger partial charge in [-0.3, -0.25) is 0 Å². The Morgan fingerprint density at radius 2 is 2.07 bits per heavy atom. The number of aryl methyl sites for hydroxylation is 1. The van der Waals surface area contributed by atoms with E-state index in [9.17, 15) is 8.42 Å². The second-order valence-electron chi connectivity index (χ2n) is 3.60. The standard InChI is InChI=1S/C10H16N2O2S/c1-5-12(3)9-7-11-10(6-8(9)2)15(4,13)14/h6-7H,5H2,1-4H3. The molecule has 15 heavy (non-hydrogen) atoms. The molecule has 84 valence electrons. The minimum absolute atomic E-state index is 0.133. The Morgan fingerprint density at radius 1 is 1.47 bits per heavy atom. The van der Waals surface area contributed by atoms with Crippen LogP contribution in [0.3, 0.4) is 0 Å². The summed E-state index contributed by atoms with van der Waals surface area (Å²) in [6, 6.07) is 1.61. The van der Waals surface area contributed by atoms with Crippen LogP contribution in [-0.4, -0.2) is 33.2 Å². The number of anilines is 1. The first-order chi connectivity index (χ1) is 6.86. The van der Waals surface area contributed by atoms with Crippen molar-refractivity contribution in [3.8, 4) is 0 Å². The molecule has 1 rings (SSSR count). The smallest absolute Gasteiger partial charge is 0.192 e. The van der Waals surface area contributed by atoms with Crippen molar-refractivity contribution in [2.45, 2.75) is 18.9 Å². The van der Waals surface area contributed by atoms with E-state index in [-0.39, 0.29) is 5.03 Å². The van der Waals surface area contributed by atoms with E-state index in [0.717, 1.165) is 24.1 Å². The summed E-state index contributed by atoms with van der Waals surface area (Å²) in [4.78, 5) is 5.97. The van der Waals surface area contributed by atoms with Gasteiger partial charge < -0.3 is 4.90 Å². The Hall–Kier alpha value is -1.10. The minimum atomic E-state index is -3.20. The molecule has 0 unspecified atom stereocenters. The van der Waals surface area contributed by atoms with E-state index in [4.69, 9.17) is 0 Å². The fourth-order valence-electron chi connectivity index (χ4n) is 1.30. The van der Waals surface area contributed by atoms with Crippen LogP contribution in [-0.2, 0) is 9.84 Å². The fourth-order valence-corrected chi connectivity index (χ4v) is 1.93. The van der Waals surface area contributed by atoms with E-state index in [1.165, 1.54) is 0 Å². The topological polar surface area (TPSA) is 50.3 Å². The van der Waals surface area contributed by atoms with E-state index in [1.54, 1.807) is 12.3 Å². The number of aromatic nitrogens is 1. The predicted molar refractivity (Wildman–Crippen MR) is 61.0 cm³/mol. The third kappa shape index (κ3) is 2.68. The maximum absolute atomic E-state index is 11.3. The summed E-state index contributed by atoms with van der Waals surface area (Å²) in [5.41, 5.74) is 1.89. The minimum Gasteiger partial charge on any atom is -0.373 e. The lowest BCUT2D eigenvalue weighted by molar-refractivity contribution is 0.598. The second kappa shape index (κ2) is 4.18. The molecule has 0 amide bonds. The third-order valence-electron chi connectivity index (χ3n) is 2.32. The van der Waals surface area contributed by atoms with Crippen LogP contribution in [0.5, 0.6) is 0 Å². The molecule has 0 aliphatic heterocycles. The Morgan fingerprint density at radius 3 is 2.47 bits per heavy atom. The maximum atomic E-state index is 11.3. The molecule has 0 atom stereocenters. The van der Waals surface area contributed by atoms with Gasteiger partial charge in [0.05, 0.1) is 11.9 Å². The lowest BCUT2D eigenvalue weighted by atomic mass is 10.2. The van der Waals surface area contributed by atoms with Gasteiger partial charge in [-0.1, -0.05) is 0 Å². The predicted octanol–water partition coefficient (Wildman–Crippen LogP) is 1.25. The molecule has 0 aliphatic rings. The summed E-state index contributed by atoms with van der Waals surface area (Å²) in [6.45, 7) is 4.78. The van der Waals surface area contributed by atoms with Crippen LogP contribution in [0, 0.1) is 6.92 Å². The molecule has 0 aliphatic carbocycles. The Balaban J connectivity index is 3.20. The Bertz CT molecular complexity index is 454. The number of rotatable bonds is 3. The summed E-state index contributed by atoms with van der Waals surface area (Å²) in [6.07, 6.45) is 2.77. The molecule has 1 aromatic heterocycles. The third-order valence-corrected chi connectivity index (χ3v) is 3.31. The van der Waals surface area contributed by atoms with Crippen LogP contribution in [0.15, 0.2) is 17.3 Å². The number of nitrogens with zero attached hydrogens (tertiary/aromatic N) is 2. The lowest BCUT2D eigenvalue weighted by Gasteiger charge is -2.18. The van der Waals surface area contributed by atoms with Gasteiger partial charge in [-0.25, -0.2) is 13.4 Å². The van der Waals surface area contributed by atoms with E-state index < -0.39 is 9.84 Å². The average Bonchev–Trinajstić information content (AvgIpc) is 2.15. The molecular formula is C10H16N2O2S. The van der Waals surface area contributed by atoms with Crippen molar-refractivity contribution in [3.05, 3.63) is 17.8 Å². The van der Waals surface area contributed by atoms with Gasteiger partial charge in [-0.05, 0) is 25.5 Å². The molecule has 0 saturated carbocycles. The van der Waals surface area contributed by atoms with Crippen LogP contribution in [0.1, 0.15) is 12.5 Å². The highest BCUT2D eigenvalue weighted by atomic mass is 32.2. The monoisotopic (exact) mass is 228 g/mol. The van der Waals surface area contributed by atoms with Crippen LogP contribution >= 0.6 is 0 Å². The van der Waals surface area contributed by atoms with Gasteiger partial charge in [0.15, 0.2) is 14.9 Å². The quantitative estimate of drug-likeness (QED) is 0.781. The van der Waals surface area contributed by atoms with Crippen LogP contribution in [0.25, 0.3) is 0 Å². The largest absolute Gasteiger partial charge is 0.373 e. The molecule has 1 heterocycles. The van der Waals surface area contributed by atoms with Crippen molar-refractivity contribution in [3.63, 3.8) is 0 Å². The van der Waals surface area contributed by atoms with Crippen molar-refractivity contribution >= 4 is 15.5 Å². The molecule has 0 fully saturated rings. The number of hydrogen-bond donors (Lipinski definition) is 0. The number of sulfone groups is 1. The molecule has 5 heteroatoms. The summed E-state index contributed by atoms with van der Waals surface area (Å²) >= 11 is 0. The molecule has 0 saturated heterocycles. The van der Waals surface area contributed by atoms with E-state index in [2.05, 4.69) is 4.98 Å². The van der Waals surface area contributed by atoms with Crippen molar-refractivity contribution in [2.24, 2.45) is 0 Å². The summed E-state index contributed by atoms with van der Waals surface area (Å²) in [5, 5.41) is 0.133. The summed E-state index contributed by atoms with van der Waals surface area (Å²) in [7, 11) is -1.26. The molecule has 0 N–H and O–H groups in total. The van der Waals surface area contributed by atoms with Gasteiger partial charge in [0.2, 0.25) is 0 Å². The molecule has 0 aromatic carbocycles. The van der Waals surface area contributed by atoms with Gasteiger partial charge in [-0.2, -0.15) is 0 Å². The zero-order valence-corrected chi connectivity index (χ0v) is 10.3. The van der Waals surface area contributed by atoms with E-state index >= 15 is 0 Å². The first-order valence-electron chi connectivity index (χ1n) is 4.74. The van der Waals surface area contributed by atoms with Gasteiger partial charge >= 0.3 is 0 Å². The van der Waals surface area contributed by atoms with Crippen LogP contribution < -0.4 is 4.90 Å². The normalized spacial score (nSPS) is 11.5. The molecule has 4 nitrogen and oxygen atoms in total. The van der Waals surface area contributed by atoms with Crippen molar-refractivity contribution < 1.29 is 8.42 Å². The zero-order valence-electron chi connectivity index (χ0n) is 9.48. The zero-order chi connectivity index (χ0) is 11.6. The molecule has 0 radical (unpaired) electrons. The van der Waals surface area contributed by atoms with Crippen molar-refractivity contribution in [1.29, 1.82) is 0 Å². The molecular weight excluding hydrogens is 212 g/mol.